The zero-order chi connectivity index (χ0) is 15.5. The van der Waals surface area contributed by atoms with Crippen LogP contribution < -0.4 is 4.72 Å². The van der Waals surface area contributed by atoms with Gasteiger partial charge in [0.25, 0.3) is 15.8 Å². The van der Waals surface area contributed by atoms with E-state index in [0.717, 1.165) is 11.3 Å². The molecule has 2 rings (SSSR count). The molecule has 1 N–H and O–H groups in total. The van der Waals surface area contributed by atoms with Crippen molar-refractivity contribution in [3.63, 3.8) is 0 Å². The van der Waals surface area contributed by atoms with Crippen LogP contribution in [0.25, 0.3) is 0 Å². The van der Waals surface area contributed by atoms with E-state index >= 15 is 0 Å². The van der Waals surface area contributed by atoms with E-state index < -0.39 is 15.8 Å². The molecule has 0 saturated heterocycles. The molecule has 0 aliphatic rings. The van der Waals surface area contributed by atoms with Crippen LogP contribution in [0.1, 0.15) is 4.88 Å². The molecule has 0 saturated carbocycles. The van der Waals surface area contributed by atoms with E-state index in [9.17, 15) is 17.2 Å². The molecule has 0 aliphatic heterocycles. The van der Waals surface area contributed by atoms with Gasteiger partial charge in [-0.1, -0.05) is 23.9 Å². The molecule has 1 heterocycles. The van der Waals surface area contributed by atoms with Crippen LogP contribution >= 0.6 is 23.1 Å². The highest BCUT2D eigenvalue weighted by atomic mass is 32.2. The quantitative estimate of drug-likeness (QED) is 0.838. The van der Waals surface area contributed by atoms with Gasteiger partial charge in [-0.2, -0.15) is 14.0 Å². The Morgan fingerprint density at radius 1 is 1.24 bits per heavy atom. The second kappa shape index (κ2) is 6.43. The number of anilines is 1. The third-order valence-electron chi connectivity index (χ3n) is 2.30. The van der Waals surface area contributed by atoms with Crippen molar-refractivity contribution in [2.24, 2.45) is 0 Å². The van der Waals surface area contributed by atoms with Crippen LogP contribution in [-0.4, -0.2) is 14.2 Å². The third-order valence-corrected chi connectivity index (χ3v) is 5.94. The summed E-state index contributed by atoms with van der Waals surface area (Å²) < 4.78 is 51.5. The highest BCUT2D eigenvalue weighted by Crippen LogP contribution is 2.33. The predicted molar refractivity (Wildman–Crippen MR) is 78.1 cm³/mol. The van der Waals surface area contributed by atoms with Crippen molar-refractivity contribution < 1.29 is 17.2 Å². The third kappa shape index (κ3) is 3.93. The van der Waals surface area contributed by atoms with Crippen molar-refractivity contribution in [2.45, 2.75) is 14.9 Å². The number of nitrogens with one attached hydrogen (secondary N) is 1. The second-order valence-corrected chi connectivity index (χ2v) is 7.74. The SMILES string of the molecule is N#Cc1ccc(S(=O)(=O)Nc2ccccc2SC(F)F)s1. The summed E-state index contributed by atoms with van der Waals surface area (Å²) in [5, 5.41) is 8.71. The Morgan fingerprint density at radius 3 is 2.57 bits per heavy atom. The molecule has 0 fully saturated rings. The van der Waals surface area contributed by atoms with Gasteiger partial charge in [-0.3, -0.25) is 4.72 Å². The zero-order valence-corrected chi connectivity index (χ0v) is 12.7. The first-order valence-electron chi connectivity index (χ1n) is 5.49. The maximum absolute atomic E-state index is 12.5. The predicted octanol–water partition coefficient (Wildman–Crippen LogP) is 3.74. The summed E-state index contributed by atoms with van der Waals surface area (Å²) in [6.45, 7) is 0. The van der Waals surface area contributed by atoms with Gasteiger partial charge >= 0.3 is 0 Å². The minimum Gasteiger partial charge on any atom is -0.278 e. The number of para-hydroxylation sites is 1. The molecular weight excluding hydrogens is 338 g/mol. The Balaban J connectivity index is 2.31. The van der Waals surface area contributed by atoms with Crippen LogP contribution in [0.15, 0.2) is 45.5 Å². The smallest absolute Gasteiger partial charge is 0.278 e. The number of nitrogens with zero attached hydrogens (tertiary/aromatic N) is 1. The van der Waals surface area contributed by atoms with Gasteiger partial charge in [-0.05, 0) is 24.3 Å². The van der Waals surface area contributed by atoms with Crippen molar-refractivity contribution in [3.05, 3.63) is 41.3 Å². The molecule has 0 aliphatic carbocycles. The van der Waals surface area contributed by atoms with Crippen LogP contribution in [0, 0.1) is 11.3 Å². The summed E-state index contributed by atoms with van der Waals surface area (Å²) in [7, 11) is -3.90. The molecule has 0 bridgehead atoms. The maximum Gasteiger partial charge on any atom is 0.288 e. The molecule has 0 amide bonds. The lowest BCUT2D eigenvalue weighted by Gasteiger charge is -2.10. The van der Waals surface area contributed by atoms with Gasteiger partial charge in [0.05, 0.1) is 5.69 Å². The van der Waals surface area contributed by atoms with Gasteiger partial charge in [-0.25, -0.2) is 8.42 Å². The van der Waals surface area contributed by atoms with Crippen molar-refractivity contribution >= 4 is 38.8 Å². The molecule has 0 atom stereocenters. The van der Waals surface area contributed by atoms with Crippen LogP contribution in [0.3, 0.4) is 0 Å². The summed E-state index contributed by atoms with van der Waals surface area (Å²) in [5.41, 5.74) is 0.0784. The van der Waals surface area contributed by atoms with E-state index in [2.05, 4.69) is 4.72 Å². The lowest BCUT2D eigenvalue weighted by Crippen LogP contribution is -2.12. The monoisotopic (exact) mass is 346 g/mol. The molecule has 21 heavy (non-hydrogen) atoms. The van der Waals surface area contributed by atoms with E-state index in [4.69, 9.17) is 5.26 Å². The Morgan fingerprint density at radius 2 is 1.95 bits per heavy atom. The fourth-order valence-electron chi connectivity index (χ4n) is 1.47. The van der Waals surface area contributed by atoms with Crippen LogP contribution in [0.5, 0.6) is 0 Å². The molecule has 110 valence electrons. The Kier molecular flexibility index (Phi) is 4.82. The maximum atomic E-state index is 12.5. The van der Waals surface area contributed by atoms with Gasteiger partial charge in [-0.15, -0.1) is 11.3 Å². The number of sulfonamides is 1. The van der Waals surface area contributed by atoms with E-state index in [0.29, 0.717) is 0 Å². The number of thiophene rings is 1. The van der Waals surface area contributed by atoms with Crippen molar-refractivity contribution in [1.82, 2.24) is 0 Å². The lowest BCUT2D eigenvalue weighted by atomic mass is 10.3. The normalized spacial score (nSPS) is 11.3. The molecule has 4 nitrogen and oxygen atoms in total. The standard InChI is InChI=1S/C12H8F2N2O2S3/c13-12(14)20-10-4-2-1-3-9(10)16-21(17,18)11-6-5-8(7-15)19-11/h1-6,12,16H. The summed E-state index contributed by atoms with van der Waals surface area (Å²) in [4.78, 5) is 0.388. The Bertz CT molecular complexity index is 782. The average Bonchev–Trinajstić information content (AvgIpc) is 2.90. The van der Waals surface area contributed by atoms with Gasteiger partial charge in [0.15, 0.2) is 0 Å². The van der Waals surface area contributed by atoms with E-state index in [1.165, 1.54) is 24.3 Å². The number of nitriles is 1. The average molecular weight is 346 g/mol. The van der Waals surface area contributed by atoms with Gasteiger partial charge in [0, 0.05) is 4.90 Å². The molecule has 2 aromatic rings. The number of rotatable bonds is 5. The summed E-state index contributed by atoms with van der Waals surface area (Å²) in [5.74, 6) is -2.65. The molecule has 9 heteroatoms. The minimum absolute atomic E-state index is 0.0455. The molecule has 1 aromatic carbocycles. The second-order valence-electron chi connectivity index (χ2n) is 3.71. The number of hydrogen-bond donors (Lipinski definition) is 1. The van der Waals surface area contributed by atoms with Gasteiger partial charge in [0.2, 0.25) is 0 Å². The number of benzene rings is 1. The van der Waals surface area contributed by atoms with E-state index in [1.54, 1.807) is 12.1 Å². The number of hydrogen-bond acceptors (Lipinski definition) is 5. The molecule has 1 aromatic heterocycles. The summed E-state index contributed by atoms with van der Waals surface area (Å²) in [6, 6.07) is 10.4. The fraction of sp³-hybridized carbons (Fsp3) is 0.0833. The zero-order valence-electron chi connectivity index (χ0n) is 10.3. The first-order valence-corrected chi connectivity index (χ1v) is 8.67. The lowest BCUT2D eigenvalue weighted by molar-refractivity contribution is 0.252. The van der Waals surface area contributed by atoms with Gasteiger partial charge in [0.1, 0.15) is 15.2 Å². The molecule has 0 radical (unpaired) electrons. The van der Waals surface area contributed by atoms with E-state index in [-0.39, 0.29) is 31.4 Å². The Hall–Kier alpha value is -1.63. The highest BCUT2D eigenvalue weighted by molar-refractivity contribution is 8.00. The number of thioether (sulfide) groups is 1. The van der Waals surface area contributed by atoms with Crippen molar-refractivity contribution in [2.75, 3.05) is 4.72 Å². The minimum atomic E-state index is -3.90. The van der Waals surface area contributed by atoms with Crippen LogP contribution in [0.4, 0.5) is 14.5 Å². The van der Waals surface area contributed by atoms with E-state index in [1.807, 2.05) is 6.07 Å². The van der Waals surface area contributed by atoms with Crippen molar-refractivity contribution in [1.29, 1.82) is 5.26 Å². The molecular formula is C12H8F2N2O2S3. The summed E-state index contributed by atoms with van der Waals surface area (Å²) >= 11 is 1.07. The topological polar surface area (TPSA) is 70.0 Å². The van der Waals surface area contributed by atoms with Crippen LogP contribution in [0.2, 0.25) is 0 Å². The van der Waals surface area contributed by atoms with Gasteiger partial charge < -0.3 is 0 Å². The van der Waals surface area contributed by atoms with Crippen molar-refractivity contribution in [3.8, 4) is 6.07 Å². The largest absolute Gasteiger partial charge is 0.288 e. The Labute approximate surface area is 128 Å². The molecule has 0 unspecified atom stereocenters. The fourth-order valence-corrected chi connectivity index (χ4v) is 4.31. The number of halogens is 2. The summed E-state index contributed by atoms with van der Waals surface area (Å²) in [6.07, 6.45) is 0. The van der Waals surface area contributed by atoms with Crippen LogP contribution in [-0.2, 0) is 10.0 Å². The highest BCUT2D eigenvalue weighted by Gasteiger charge is 2.19. The first kappa shape index (κ1) is 15.8. The first-order chi connectivity index (χ1) is 9.92. The number of alkyl halides is 2. The molecule has 0 spiro atoms.